The summed E-state index contributed by atoms with van der Waals surface area (Å²) < 4.78 is 0. The van der Waals surface area contributed by atoms with Gasteiger partial charge >= 0.3 is 0 Å². The number of hydrogen-bond acceptors (Lipinski definition) is 4. The lowest BCUT2D eigenvalue weighted by Gasteiger charge is -2.14. The van der Waals surface area contributed by atoms with E-state index in [1.54, 1.807) is 6.33 Å². The molecule has 1 aromatic carbocycles. The summed E-state index contributed by atoms with van der Waals surface area (Å²) >= 11 is 0. The van der Waals surface area contributed by atoms with Gasteiger partial charge in [-0.05, 0) is 18.9 Å². The van der Waals surface area contributed by atoms with E-state index < -0.39 is 0 Å². The third-order valence-electron chi connectivity index (χ3n) is 2.99. The minimum absolute atomic E-state index is 0.281. The molecule has 0 radical (unpaired) electrons. The SMILES string of the molecule is CC(Cc1ccccc1)Nc1ncnc2nc[nH]c12. The second kappa shape index (κ2) is 5.06. The van der Waals surface area contributed by atoms with E-state index in [0.717, 1.165) is 17.8 Å². The van der Waals surface area contributed by atoms with E-state index in [2.05, 4.69) is 56.4 Å². The zero-order chi connectivity index (χ0) is 13.1. The minimum atomic E-state index is 0.281. The summed E-state index contributed by atoms with van der Waals surface area (Å²) in [6.07, 6.45) is 4.10. The molecule has 0 bridgehead atoms. The fraction of sp³-hybridized carbons (Fsp3) is 0.214. The van der Waals surface area contributed by atoms with Crippen molar-refractivity contribution in [2.24, 2.45) is 0 Å². The smallest absolute Gasteiger partial charge is 0.182 e. The van der Waals surface area contributed by atoms with Gasteiger partial charge in [-0.3, -0.25) is 0 Å². The molecule has 2 N–H and O–H groups in total. The van der Waals surface area contributed by atoms with Gasteiger partial charge < -0.3 is 10.3 Å². The Kier molecular flexibility index (Phi) is 3.10. The molecule has 0 aliphatic rings. The normalized spacial score (nSPS) is 12.5. The van der Waals surface area contributed by atoms with Crippen LogP contribution in [0.5, 0.6) is 0 Å². The molecule has 19 heavy (non-hydrogen) atoms. The lowest BCUT2D eigenvalue weighted by molar-refractivity contribution is 0.785. The van der Waals surface area contributed by atoms with Crippen molar-refractivity contribution in [3.63, 3.8) is 0 Å². The number of nitrogens with zero attached hydrogens (tertiary/aromatic N) is 3. The molecule has 1 atom stereocenters. The van der Waals surface area contributed by atoms with Crippen LogP contribution in [0.1, 0.15) is 12.5 Å². The van der Waals surface area contributed by atoms with Crippen LogP contribution < -0.4 is 5.32 Å². The van der Waals surface area contributed by atoms with Gasteiger partial charge in [-0.1, -0.05) is 30.3 Å². The lowest BCUT2D eigenvalue weighted by Crippen LogP contribution is -2.19. The van der Waals surface area contributed by atoms with Gasteiger partial charge in [0.05, 0.1) is 6.33 Å². The Morgan fingerprint density at radius 3 is 2.84 bits per heavy atom. The van der Waals surface area contributed by atoms with Gasteiger partial charge in [0, 0.05) is 6.04 Å². The molecule has 1 unspecified atom stereocenters. The summed E-state index contributed by atoms with van der Waals surface area (Å²) in [5.41, 5.74) is 2.84. The summed E-state index contributed by atoms with van der Waals surface area (Å²) in [6, 6.07) is 10.7. The predicted octanol–water partition coefficient (Wildman–Crippen LogP) is 2.40. The van der Waals surface area contributed by atoms with Gasteiger partial charge in [-0.15, -0.1) is 0 Å². The zero-order valence-electron chi connectivity index (χ0n) is 10.7. The topological polar surface area (TPSA) is 66.5 Å². The molecule has 5 heteroatoms. The number of aromatic nitrogens is 4. The van der Waals surface area contributed by atoms with Crippen LogP contribution in [0.4, 0.5) is 5.82 Å². The highest BCUT2D eigenvalue weighted by Gasteiger charge is 2.09. The molecule has 5 nitrogen and oxygen atoms in total. The Balaban J connectivity index is 1.76. The average Bonchev–Trinajstić information content (AvgIpc) is 2.89. The minimum Gasteiger partial charge on any atom is -0.365 e. The van der Waals surface area contributed by atoms with Crippen molar-refractivity contribution in [2.75, 3.05) is 5.32 Å². The second-order valence-electron chi connectivity index (χ2n) is 4.56. The molecule has 2 heterocycles. The van der Waals surface area contributed by atoms with Gasteiger partial charge in [0.25, 0.3) is 0 Å². The molecule has 0 saturated carbocycles. The summed E-state index contributed by atoms with van der Waals surface area (Å²) in [7, 11) is 0. The number of H-pyrrole nitrogens is 1. The molecule has 0 spiro atoms. The first-order valence-corrected chi connectivity index (χ1v) is 6.27. The Bertz CT molecular complexity index is 662. The number of anilines is 1. The van der Waals surface area contributed by atoms with Crippen LogP contribution in [0.3, 0.4) is 0 Å². The number of nitrogens with one attached hydrogen (secondary N) is 2. The van der Waals surface area contributed by atoms with E-state index in [-0.39, 0.29) is 6.04 Å². The Morgan fingerprint density at radius 2 is 2.00 bits per heavy atom. The maximum Gasteiger partial charge on any atom is 0.182 e. The molecule has 2 aromatic heterocycles. The predicted molar refractivity (Wildman–Crippen MR) is 74.9 cm³/mol. The highest BCUT2D eigenvalue weighted by atomic mass is 15.1. The van der Waals surface area contributed by atoms with E-state index in [0.29, 0.717) is 5.65 Å². The zero-order valence-corrected chi connectivity index (χ0v) is 10.7. The van der Waals surface area contributed by atoms with Gasteiger partial charge in [-0.25, -0.2) is 15.0 Å². The van der Waals surface area contributed by atoms with Crippen LogP contribution in [0.15, 0.2) is 43.0 Å². The standard InChI is InChI=1S/C14H15N5/c1-10(7-11-5-3-2-4-6-11)19-14-12-13(16-8-15-12)17-9-18-14/h2-6,8-10H,7H2,1H3,(H2,15,16,17,18,19). The van der Waals surface area contributed by atoms with Crippen LogP contribution in [0.25, 0.3) is 11.2 Å². The van der Waals surface area contributed by atoms with Crippen LogP contribution >= 0.6 is 0 Å². The van der Waals surface area contributed by atoms with E-state index in [9.17, 15) is 0 Å². The monoisotopic (exact) mass is 253 g/mol. The quantitative estimate of drug-likeness (QED) is 0.749. The highest BCUT2D eigenvalue weighted by Crippen LogP contribution is 2.16. The molecule has 0 amide bonds. The van der Waals surface area contributed by atoms with Crippen molar-refractivity contribution in [1.82, 2.24) is 19.9 Å². The molecule has 0 aliphatic heterocycles. The Labute approximate surface area is 111 Å². The van der Waals surface area contributed by atoms with E-state index in [1.807, 2.05) is 6.07 Å². The molecule has 3 rings (SSSR count). The summed E-state index contributed by atoms with van der Waals surface area (Å²) in [5, 5.41) is 3.40. The van der Waals surface area contributed by atoms with Gasteiger partial charge in [0.15, 0.2) is 11.5 Å². The van der Waals surface area contributed by atoms with E-state index in [4.69, 9.17) is 0 Å². The maximum absolute atomic E-state index is 4.27. The number of benzene rings is 1. The second-order valence-corrected chi connectivity index (χ2v) is 4.56. The van der Waals surface area contributed by atoms with Gasteiger partial charge in [0.2, 0.25) is 0 Å². The first-order valence-electron chi connectivity index (χ1n) is 6.27. The first-order chi connectivity index (χ1) is 9.33. The van der Waals surface area contributed by atoms with Crippen molar-refractivity contribution in [1.29, 1.82) is 0 Å². The van der Waals surface area contributed by atoms with Crippen molar-refractivity contribution >= 4 is 17.0 Å². The number of hydrogen-bond donors (Lipinski definition) is 2. The fourth-order valence-corrected chi connectivity index (χ4v) is 2.13. The van der Waals surface area contributed by atoms with Crippen molar-refractivity contribution < 1.29 is 0 Å². The largest absolute Gasteiger partial charge is 0.365 e. The summed E-state index contributed by atoms with van der Waals surface area (Å²) in [4.78, 5) is 15.5. The van der Waals surface area contributed by atoms with Crippen LogP contribution in [-0.4, -0.2) is 26.0 Å². The molecule has 0 saturated heterocycles. The van der Waals surface area contributed by atoms with Crippen molar-refractivity contribution in [2.45, 2.75) is 19.4 Å². The highest BCUT2D eigenvalue weighted by molar-refractivity contribution is 5.82. The maximum atomic E-state index is 4.27. The van der Waals surface area contributed by atoms with Crippen molar-refractivity contribution in [3.05, 3.63) is 48.5 Å². The van der Waals surface area contributed by atoms with E-state index >= 15 is 0 Å². The van der Waals surface area contributed by atoms with Crippen LogP contribution in [0.2, 0.25) is 0 Å². The molecule has 0 aliphatic carbocycles. The number of aromatic amines is 1. The Hall–Kier alpha value is -2.43. The summed E-state index contributed by atoms with van der Waals surface area (Å²) in [5.74, 6) is 0.797. The number of fused-ring (bicyclic) bond motifs is 1. The molecular formula is C14H15N5. The third kappa shape index (κ3) is 2.54. The van der Waals surface area contributed by atoms with Crippen LogP contribution in [-0.2, 0) is 6.42 Å². The summed E-state index contributed by atoms with van der Waals surface area (Å²) in [6.45, 7) is 2.14. The molecule has 3 aromatic rings. The number of imidazole rings is 1. The van der Waals surface area contributed by atoms with Gasteiger partial charge in [-0.2, -0.15) is 0 Å². The third-order valence-corrected chi connectivity index (χ3v) is 2.99. The number of rotatable bonds is 4. The Morgan fingerprint density at radius 1 is 1.16 bits per heavy atom. The molecular weight excluding hydrogens is 238 g/mol. The first kappa shape index (κ1) is 11.6. The molecule has 0 fully saturated rings. The lowest BCUT2D eigenvalue weighted by atomic mass is 10.1. The van der Waals surface area contributed by atoms with E-state index in [1.165, 1.54) is 11.9 Å². The van der Waals surface area contributed by atoms with Gasteiger partial charge in [0.1, 0.15) is 11.8 Å². The fourth-order valence-electron chi connectivity index (χ4n) is 2.13. The average molecular weight is 253 g/mol. The molecule has 96 valence electrons. The van der Waals surface area contributed by atoms with Crippen molar-refractivity contribution in [3.8, 4) is 0 Å². The van der Waals surface area contributed by atoms with Crippen LogP contribution in [0, 0.1) is 0 Å².